The van der Waals surface area contributed by atoms with E-state index in [2.05, 4.69) is 17.1 Å². The van der Waals surface area contributed by atoms with Gasteiger partial charge >= 0.3 is 0 Å². The third-order valence-electron chi connectivity index (χ3n) is 4.14. The summed E-state index contributed by atoms with van der Waals surface area (Å²) >= 11 is 0. The van der Waals surface area contributed by atoms with E-state index in [1.165, 1.54) is 0 Å². The summed E-state index contributed by atoms with van der Waals surface area (Å²) in [5, 5.41) is 2.26. The molecule has 0 radical (unpaired) electrons. The van der Waals surface area contributed by atoms with Crippen LogP contribution in [-0.2, 0) is 7.05 Å². The third kappa shape index (κ3) is 2.33. The summed E-state index contributed by atoms with van der Waals surface area (Å²) in [6.45, 7) is 0. The van der Waals surface area contributed by atoms with Gasteiger partial charge in [-0.25, -0.2) is 4.98 Å². The molecule has 0 aliphatic heterocycles. The van der Waals surface area contributed by atoms with Crippen molar-refractivity contribution in [3.05, 3.63) is 67.0 Å². The monoisotopic (exact) mass is 315 g/mol. The second kappa shape index (κ2) is 5.81. The summed E-state index contributed by atoms with van der Waals surface area (Å²) in [6.07, 6.45) is 3.84. The van der Waals surface area contributed by atoms with Crippen LogP contribution >= 0.6 is 0 Å². The van der Waals surface area contributed by atoms with Crippen molar-refractivity contribution in [1.29, 1.82) is 0 Å². The summed E-state index contributed by atoms with van der Waals surface area (Å²) in [5.41, 5.74) is 2.72. The van der Waals surface area contributed by atoms with Gasteiger partial charge in [0.2, 0.25) is 0 Å². The molecule has 0 unspecified atom stereocenters. The molecular weight excluding hydrogens is 298 g/mol. The molecule has 4 nitrogen and oxygen atoms in total. The van der Waals surface area contributed by atoms with Gasteiger partial charge in [0, 0.05) is 24.8 Å². The summed E-state index contributed by atoms with van der Waals surface area (Å²) < 4.78 is 7.48. The lowest BCUT2D eigenvalue weighted by molar-refractivity contribution is 0.416. The van der Waals surface area contributed by atoms with E-state index in [0.29, 0.717) is 0 Å². The number of aryl methyl sites for hydroxylation is 1. The number of hydrogen-bond acceptors (Lipinski definition) is 3. The smallest absolute Gasteiger partial charge is 0.144 e. The maximum Gasteiger partial charge on any atom is 0.144 e. The molecule has 4 rings (SSSR count). The lowest BCUT2D eigenvalue weighted by atomic mass is 10.1. The van der Waals surface area contributed by atoms with Crippen LogP contribution in [-0.4, -0.2) is 21.6 Å². The first-order chi connectivity index (χ1) is 11.8. The molecule has 0 amide bonds. The number of fused-ring (bicyclic) bond motifs is 1. The predicted octanol–water partition coefficient (Wildman–Crippen LogP) is 4.31. The molecular formula is C20H17N3O. The van der Waals surface area contributed by atoms with Crippen LogP contribution in [0.15, 0.2) is 67.0 Å². The summed E-state index contributed by atoms with van der Waals surface area (Å²) in [6, 6.07) is 18.1. The zero-order chi connectivity index (χ0) is 16.5. The van der Waals surface area contributed by atoms with Crippen molar-refractivity contribution >= 4 is 10.8 Å². The number of rotatable bonds is 3. The maximum absolute atomic E-state index is 5.47. The second-order valence-electron chi connectivity index (χ2n) is 5.64. The standard InChI is InChI=1S/C20H17N3O/c1-23-13-17(19-15-8-4-3-7-14(15)11-12-21-19)22-20(23)16-9-5-6-10-18(16)24-2/h3-13H,1-2H3. The number of aromatic nitrogens is 3. The Morgan fingerprint density at radius 3 is 2.62 bits per heavy atom. The molecule has 0 N–H and O–H groups in total. The SMILES string of the molecule is COc1ccccc1-c1nc(-c2nccc3ccccc23)cn1C. The van der Waals surface area contributed by atoms with Gasteiger partial charge in [0.25, 0.3) is 0 Å². The van der Waals surface area contributed by atoms with Crippen LogP contribution < -0.4 is 4.74 Å². The normalized spacial score (nSPS) is 10.9. The van der Waals surface area contributed by atoms with E-state index < -0.39 is 0 Å². The molecule has 2 aromatic carbocycles. The lowest BCUT2D eigenvalue weighted by Crippen LogP contribution is -1.94. The minimum absolute atomic E-state index is 0.809. The van der Waals surface area contributed by atoms with Crippen molar-refractivity contribution < 1.29 is 4.74 Å². The zero-order valence-corrected chi connectivity index (χ0v) is 13.6. The molecule has 0 saturated heterocycles. The van der Waals surface area contributed by atoms with Crippen LogP contribution in [0.3, 0.4) is 0 Å². The summed E-state index contributed by atoms with van der Waals surface area (Å²) in [5.74, 6) is 1.67. The van der Waals surface area contributed by atoms with E-state index in [1.54, 1.807) is 7.11 Å². The first-order valence-electron chi connectivity index (χ1n) is 7.79. The van der Waals surface area contributed by atoms with E-state index in [4.69, 9.17) is 9.72 Å². The Balaban J connectivity index is 1.90. The fourth-order valence-electron chi connectivity index (χ4n) is 2.98. The fraction of sp³-hybridized carbons (Fsp3) is 0.100. The van der Waals surface area contributed by atoms with Crippen LogP contribution in [0.25, 0.3) is 33.5 Å². The van der Waals surface area contributed by atoms with Crippen molar-refractivity contribution in [2.24, 2.45) is 7.05 Å². The lowest BCUT2D eigenvalue weighted by Gasteiger charge is -2.07. The number of imidazole rings is 1. The first kappa shape index (κ1) is 14.5. The Kier molecular flexibility index (Phi) is 3.50. The third-order valence-corrected chi connectivity index (χ3v) is 4.14. The van der Waals surface area contributed by atoms with Crippen molar-refractivity contribution in [1.82, 2.24) is 14.5 Å². The van der Waals surface area contributed by atoms with E-state index in [-0.39, 0.29) is 0 Å². The Morgan fingerprint density at radius 1 is 0.958 bits per heavy atom. The molecule has 0 bridgehead atoms. The molecule has 0 aliphatic carbocycles. The number of pyridine rings is 1. The number of nitrogens with zero attached hydrogens (tertiary/aromatic N) is 3. The number of ether oxygens (including phenoxy) is 1. The molecule has 0 spiro atoms. The van der Waals surface area contributed by atoms with Gasteiger partial charge in [0.1, 0.15) is 17.3 Å². The molecule has 24 heavy (non-hydrogen) atoms. The largest absolute Gasteiger partial charge is 0.496 e. The van der Waals surface area contributed by atoms with Crippen LogP contribution in [0.2, 0.25) is 0 Å². The summed E-state index contributed by atoms with van der Waals surface area (Å²) in [4.78, 5) is 9.39. The van der Waals surface area contributed by atoms with Crippen molar-refractivity contribution in [2.45, 2.75) is 0 Å². The quantitative estimate of drug-likeness (QED) is 0.565. The average molecular weight is 315 g/mol. The Morgan fingerprint density at radius 2 is 1.75 bits per heavy atom. The molecule has 0 atom stereocenters. The maximum atomic E-state index is 5.47. The van der Waals surface area contributed by atoms with E-state index in [9.17, 15) is 0 Å². The van der Waals surface area contributed by atoms with Gasteiger partial charge in [0.05, 0.1) is 18.4 Å². The Bertz CT molecular complexity index is 1020. The highest BCUT2D eigenvalue weighted by molar-refractivity contribution is 5.93. The average Bonchev–Trinajstić information content (AvgIpc) is 3.02. The van der Waals surface area contributed by atoms with Crippen molar-refractivity contribution in [3.8, 4) is 28.5 Å². The molecule has 2 aromatic heterocycles. The number of para-hydroxylation sites is 1. The van der Waals surface area contributed by atoms with Crippen LogP contribution in [0.5, 0.6) is 5.75 Å². The van der Waals surface area contributed by atoms with E-state index >= 15 is 0 Å². The molecule has 118 valence electrons. The highest BCUT2D eigenvalue weighted by atomic mass is 16.5. The van der Waals surface area contributed by atoms with Gasteiger partial charge in [-0.05, 0) is 23.6 Å². The van der Waals surface area contributed by atoms with Gasteiger partial charge < -0.3 is 9.30 Å². The Labute approximate surface area is 140 Å². The minimum Gasteiger partial charge on any atom is -0.496 e. The zero-order valence-electron chi connectivity index (χ0n) is 13.6. The molecule has 4 heteroatoms. The topological polar surface area (TPSA) is 39.9 Å². The van der Waals surface area contributed by atoms with Gasteiger partial charge in [0.15, 0.2) is 0 Å². The van der Waals surface area contributed by atoms with Gasteiger partial charge in [-0.1, -0.05) is 36.4 Å². The highest BCUT2D eigenvalue weighted by Crippen LogP contribution is 2.32. The van der Waals surface area contributed by atoms with Gasteiger partial charge in [-0.2, -0.15) is 0 Å². The second-order valence-corrected chi connectivity index (χ2v) is 5.64. The van der Waals surface area contributed by atoms with Gasteiger partial charge in [-0.3, -0.25) is 4.98 Å². The molecule has 0 saturated carbocycles. The molecule has 2 heterocycles. The Hall–Kier alpha value is -3.14. The first-order valence-corrected chi connectivity index (χ1v) is 7.79. The highest BCUT2D eigenvalue weighted by Gasteiger charge is 2.15. The van der Waals surface area contributed by atoms with Crippen LogP contribution in [0, 0.1) is 0 Å². The molecule has 0 aliphatic rings. The molecule has 0 fully saturated rings. The van der Waals surface area contributed by atoms with E-state index in [1.807, 2.05) is 66.5 Å². The van der Waals surface area contributed by atoms with Crippen LogP contribution in [0.1, 0.15) is 0 Å². The van der Waals surface area contributed by atoms with Crippen LogP contribution in [0.4, 0.5) is 0 Å². The van der Waals surface area contributed by atoms with Gasteiger partial charge in [-0.15, -0.1) is 0 Å². The van der Waals surface area contributed by atoms with Crippen molar-refractivity contribution in [3.63, 3.8) is 0 Å². The number of methoxy groups -OCH3 is 1. The number of benzene rings is 2. The fourth-order valence-corrected chi connectivity index (χ4v) is 2.98. The number of hydrogen-bond donors (Lipinski definition) is 0. The van der Waals surface area contributed by atoms with Crippen molar-refractivity contribution in [2.75, 3.05) is 7.11 Å². The minimum atomic E-state index is 0.809. The summed E-state index contributed by atoms with van der Waals surface area (Å²) in [7, 11) is 3.67. The predicted molar refractivity (Wildman–Crippen MR) is 95.9 cm³/mol. The van der Waals surface area contributed by atoms with E-state index in [0.717, 1.165) is 39.3 Å². The molecule has 4 aromatic rings.